The van der Waals surface area contributed by atoms with Gasteiger partial charge in [-0.3, -0.25) is 4.79 Å². The maximum atomic E-state index is 13.4. The van der Waals surface area contributed by atoms with E-state index in [0.29, 0.717) is 60.1 Å². The molecule has 0 radical (unpaired) electrons. The van der Waals surface area contributed by atoms with Gasteiger partial charge in [-0.1, -0.05) is 36.4 Å². The zero-order chi connectivity index (χ0) is 22.3. The Balaban J connectivity index is 1.77. The highest BCUT2D eigenvalue weighted by Gasteiger charge is 2.38. The van der Waals surface area contributed by atoms with Gasteiger partial charge in [-0.2, -0.15) is 5.10 Å². The standard InChI is InChI=1S/C23H24N4O4S/c1-24-14-16-6-5-9-18-21-19(15-32(29,30)22(16)18)20(23(28)26-10-12-31-13-11-26)25-27(21)17-7-3-2-4-8-17/h2-9,24H,10-15H2,1H3. The van der Waals surface area contributed by atoms with Gasteiger partial charge in [0.05, 0.1) is 35.2 Å². The molecule has 2 aliphatic heterocycles. The fraction of sp³-hybridized carbons (Fsp3) is 0.304. The fourth-order valence-corrected chi connectivity index (χ4v) is 6.28. The molecule has 2 aliphatic rings. The van der Waals surface area contributed by atoms with E-state index in [2.05, 4.69) is 10.4 Å². The largest absolute Gasteiger partial charge is 0.378 e. The Morgan fingerprint density at radius 2 is 1.84 bits per heavy atom. The molecule has 8 nitrogen and oxygen atoms in total. The fourth-order valence-electron chi connectivity index (χ4n) is 4.44. The van der Waals surface area contributed by atoms with E-state index >= 15 is 0 Å². The molecular formula is C23H24N4O4S. The minimum Gasteiger partial charge on any atom is -0.378 e. The van der Waals surface area contributed by atoms with E-state index in [4.69, 9.17) is 4.74 Å². The first-order chi connectivity index (χ1) is 15.5. The Morgan fingerprint density at radius 3 is 2.56 bits per heavy atom. The Bertz CT molecular complexity index is 1280. The number of hydrogen-bond donors (Lipinski definition) is 1. The molecule has 5 rings (SSSR count). The second-order valence-corrected chi connectivity index (χ2v) is 9.84. The lowest BCUT2D eigenvalue weighted by Gasteiger charge is -2.27. The lowest BCUT2D eigenvalue weighted by Crippen LogP contribution is -2.41. The molecule has 1 saturated heterocycles. The molecule has 0 unspecified atom stereocenters. The second-order valence-electron chi connectivity index (χ2n) is 7.91. The first-order valence-electron chi connectivity index (χ1n) is 10.5. The number of amides is 1. The predicted octanol–water partition coefficient (Wildman–Crippen LogP) is 2.02. The third-order valence-corrected chi connectivity index (χ3v) is 7.62. The number of morpholine rings is 1. The summed E-state index contributed by atoms with van der Waals surface area (Å²) >= 11 is 0. The summed E-state index contributed by atoms with van der Waals surface area (Å²) in [5, 5.41) is 7.73. The van der Waals surface area contributed by atoms with Gasteiger partial charge in [-0.05, 0) is 24.7 Å². The Labute approximate surface area is 186 Å². The number of fused-ring (bicyclic) bond motifs is 3. The number of ether oxygens (including phenoxy) is 1. The minimum atomic E-state index is -3.65. The smallest absolute Gasteiger partial charge is 0.274 e. The van der Waals surface area contributed by atoms with Gasteiger partial charge >= 0.3 is 0 Å². The third kappa shape index (κ3) is 3.42. The van der Waals surface area contributed by atoms with E-state index in [-0.39, 0.29) is 17.4 Å². The van der Waals surface area contributed by atoms with Gasteiger partial charge in [0.15, 0.2) is 15.5 Å². The van der Waals surface area contributed by atoms with Crippen molar-refractivity contribution in [3.63, 3.8) is 0 Å². The highest BCUT2D eigenvalue weighted by molar-refractivity contribution is 7.91. The van der Waals surface area contributed by atoms with Crippen LogP contribution >= 0.6 is 0 Å². The van der Waals surface area contributed by atoms with Gasteiger partial charge in [-0.15, -0.1) is 0 Å². The van der Waals surface area contributed by atoms with E-state index in [9.17, 15) is 13.2 Å². The number of carbonyl (C=O) groups excluding carboxylic acids is 1. The van der Waals surface area contributed by atoms with Crippen molar-refractivity contribution >= 4 is 15.7 Å². The molecule has 1 N–H and O–H groups in total. The van der Waals surface area contributed by atoms with Crippen LogP contribution in [0, 0.1) is 0 Å². The zero-order valence-corrected chi connectivity index (χ0v) is 18.6. The van der Waals surface area contributed by atoms with Crippen LogP contribution in [0.5, 0.6) is 0 Å². The van der Waals surface area contributed by atoms with Crippen LogP contribution in [0.1, 0.15) is 21.6 Å². The highest BCUT2D eigenvalue weighted by atomic mass is 32.2. The zero-order valence-electron chi connectivity index (χ0n) is 17.7. The molecule has 1 fully saturated rings. The quantitative estimate of drug-likeness (QED) is 0.651. The Hall–Kier alpha value is -3.01. The summed E-state index contributed by atoms with van der Waals surface area (Å²) in [4.78, 5) is 15.4. The Kier molecular flexibility index (Phi) is 5.32. The number of para-hydroxylation sites is 1. The maximum absolute atomic E-state index is 13.4. The van der Waals surface area contributed by atoms with Gasteiger partial charge in [0.2, 0.25) is 0 Å². The summed E-state index contributed by atoms with van der Waals surface area (Å²) < 4.78 is 33.9. The van der Waals surface area contributed by atoms with Crippen LogP contribution < -0.4 is 5.32 Å². The average Bonchev–Trinajstić information content (AvgIpc) is 3.18. The summed E-state index contributed by atoms with van der Waals surface area (Å²) in [7, 11) is -1.87. The molecule has 2 aromatic carbocycles. The van der Waals surface area contributed by atoms with Crippen molar-refractivity contribution in [3.8, 4) is 16.9 Å². The average molecular weight is 453 g/mol. The number of hydrogen-bond acceptors (Lipinski definition) is 6. The summed E-state index contributed by atoms with van der Waals surface area (Å²) in [6.07, 6.45) is 0. The van der Waals surface area contributed by atoms with Crippen molar-refractivity contribution in [1.29, 1.82) is 0 Å². The number of benzene rings is 2. The van der Waals surface area contributed by atoms with Crippen LogP contribution in [0.15, 0.2) is 53.4 Å². The molecule has 3 aromatic rings. The lowest BCUT2D eigenvalue weighted by molar-refractivity contribution is 0.0298. The van der Waals surface area contributed by atoms with E-state index in [1.165, 1.54) is 0 Å². The topological polar surface area (TPSA) is 93.5 Å². The molecule has 0 atom stereocenters. The summed E-state index contributed by atoms with van der Waals surface area (Å²) in [5.41, 5.74) is 3.37. The highest BCUT2D eigenvalue weighted by Crippen LogP contribution is 2.42. The SMILES string of the molecule is CNCc1cccc2c1S(=O)(=O)Cc1c(C(=O)N3CCOCC3)nn(-c3ccccc3)c1-2. The molecule has 1 amide bonds. The Morgan fingerprint density at radius 1 is 1.09 bits per heavy atom. The number of nitrogens with zero attached hydrogens (tertiary/aromatic N) is 3. The molecule has 32 heavy (non-hydrogen) atoms. The molecular weight excluding hydrogens is 428 g/mol. The number of sulfone groups is 1. The number of carbonyl (C=O) groups is 1. The summed E-state index contributed by atoms with van der Waals surface area (Å²) in [6.45, 7) is 2.27. The van der Waals surface area contributed by atoms with Crippen molar-refractivity contribution in [1.82, 2.24) is 20.0 Å². The lowest BCUT2D eigenvalue weighted by atomic mass is 10.0. The van der Waals surface area contributed by atoms with Crippen molar-refractivity contribution in [2.24, 2.45) is 0 Å². The first-order valence-corrected chi connectivity index (χ1v) is 12.2. The minimum absolute atomic E-state index is 0.194. The molecule has 0 saturated carbocycles. The van der Waals surface area contributed by atoms with Crippen molar-refractivity contribution in [2.75, 3.05) is 33.4 Å². The first kappa shape index (κ1) is 20.9. The third-order valence-electron chi connectivity index (χ3n) is 5.85. The molecule has 0 bridgehead atoms. The van der Waals surface area contributed by atoms with Gasteiger partial charge in [0, 0.05) is 30.8 Å². The van der Waals surface area contributed by atoms with Crippen molar-refractivity contribution in [3.05, 3.63) is 65.4 Å². The van der Waals surface area contributed by atoms with Crippen LogP contribution in [0.4, 0.5) is 0 Å². The van der Waals surface area contributed by atoms with E-state index in [1.807, 2.05) is 42.5 Å². The molecule has 0 spiro atoms. The summed E-state index contributed by atoms with van der Waals surface area (Å²) in [6, 6.07) is 15.0. The van der Waals surface area contributed by atoms with Gasteiger partial charge < -0.3 is 15.0 Å². The van der Waals surface area contributed by atoms with E-state index in [0.717, 1.165) is 5.69 Å². The normalized spacial score (nSPS) is 17.0. The van der Waals surface area contributed by atoms with Crippen LogP contribution in [0.3, 0.4) is 0 Å². The number of nitrogens with one attached hydrogen (secondary N) is 1. The monoisotopic (exact) mass is 452 g/mol. The predicted molar refractivity (Wildman–Crippen MR) is 119 cm³/mol. The molecule has 9 heteroatoms. The van der Waals surface area contributed by atoms with Gasteiger partial charge in [0.25, 0.3) is 5.91 Å². The van der Waals surface area contributed by atoms with Crippen LogP contribution in [-0.4, -0.2) is 62.4 Å². The molecule has 3 heterocycles. The van der Waals surface area contributed by atoms with Crippen molar-refractivity contribution in [2.45, 2.75) is 17.2 Å². The maximum Gasteiger partial charge on any atom is 0.274 e. The molecule has 166 valence electrons. The summed E-state index contributed by atoms with van der Waals surface area (Å²) in [5.74, 6) is -0.516. The van der Waals surface area contributed by atoms with E-state index < -0.39 is 9.84 Å². The van der Waals surface area contributed by atoms with Gasteiger partial charge in [0.1, 0.15) is 0 Å². The molecule has 1 aromatic heterocycles. The van der Waals surface area contributed by atoms with Crippen LogP contribution in [-0.2, 0) is 26.9 Å². The second kappa shape index (κ2) is 8.16. The van der Waals surface area contributed by atoms with E-state index in [1.54, 1.807) is 22.7 Å². The van der Waals surface area contributed by atoms with Crippen LogP contribution in [0.2, 0.25) is 0 Å². The van der Waals surface area contributed by atoms with Crippen LogP contribution in [0.25, 0.3) is 16.9 Å². The van der Waals surface area contributed by atoms with Gasteiger partial charge in [-0.25, -0.2) is 13.1 Å². The molecule has 0 aliphatic carbocycles. The number of aromatic nitrogens is 2. The number of rotatable bonds is 4. The van der Waals surface area contributed by atoms with Crippen molar-refractivity contribution < 1.29 is 17.9 Å².